The number of carbonyl (C=O) groups is 2. The lowest BCUT2D eigenvalue weighted by Gasteiger charge is -2.11. The zero-order valence-corrected chi connectivity index (χ0v) is 15.7. The fourth-order valence-electron chi connectivity index (χ4n) is 1.98. The first kappa shape index (κ1) is 18.9. The van der Waals surface area contributed by atoms with Crippen LogP contribution >= 0.6 is 28.1 Å². The Hall–Kier alpha value is -2.45. The van der Waals surface area contributed by atoms with E-state index in [0.29, 0.717) is 15.8 Å². The van der Waals surface area contributed by atoms with Gasteiger partial charge in [-0.15, -0.1) is 0 Å². The third-order valence-electron chi connectivity index (χ3n) is 3.16. The minimum absolute atomic E-state index is 0.0156. The molecule has 0 aliphatic heterocycles. The van der Waals surface area contributed by atoms with E-state index < -0.39 is 5.91 Å². The number of halogens is 1. The quantitative estimate of drug-likeness (QED) is 0.521. The van der Waals surface area contributed by atoms with Crippen LogP contribution in [0.15, 0.2) is 53.0 Å². The largest absolute Gasteiger partial charge is 0.496 e. The molecule has 2 rings (SSSR count). The van der Waals surface area contributed by atoms with Gasteiger partial charge in [-0.05, 0) is 51.9 Å². The van der Waals surface area contributed by atoms with Crippen LogP contribution in [0.5, 0.6) is 5.75 Å². The van der Waals surface area contributed by atoms with Crippen LogP contribution < -0.4 is 20.9 Å². The molecule has 25 heavy (non-hydrogen) atoms. The minimum Gasteiger partial charge on any atom is -0.496 e. The first-order chi connectivity index (χ1) is 12.0. The highest BCUT2D eigenvalue weighted by atomic mass is 79.9. The van der Waals surface area contributed by atoms with Gasteiger partial charge in [0.2, 0.25) is 5.91 Å². The number of methoxy groups -OCH3 is 1. The van der Waals surface area contributed by atoms with Gasteiger partial charge in [0.05, 0.1) is 18.0 Å². The van der Waals surface area contributed by atoms with Crippen molar-refractivity contribution in [3.8, 4) is 5.75 Å². The second kappa shape index (κ2) is 9.14. The van der Waals surface area contributed by atoms with Gasteiger partial charge in [0, 0.05) is 5.56 Å². The fourth-order valence-corrected chi connectivity index (χ4v) is 2.68. The summed E-state index contributed by atoms with van der Waals surface area (Å²) < 4.78 is 5.76. The SMILES string of the molecule is COc1ccc(C(=O)NNC(=S)NC(=O)Cc2ccccc2)cc1Br. The lowest BCUT2D eigenvalue weighted by Crippen LogP contribution is -2.48. The maximum Gasteiger partial charge on any atom is 0.269 e. The fraction of sp³-hybridized carbons (Fsp3) is 0.118. The van der Waals surface area contributed by atoms with Crippen molar-refractivity contribution in [1.82, 2.24) is 16.2 Å². The Morgan fingerprint density at radius 2 is 1.84 bits per heavy atom. The molecule has 0 bridgehead atoms. The molecular weight excluding hydrogens is 406 g/mol. The Kier molecular flexibility index (Phi) is 6.91. The summed E-state index contributed by atoms with van der Waals surface area (Å²) >= 11 is 8.30. The van der Waals surface area contributed by atoms with Crippen molar-refractivity contribution >= 4 is 45.1 Å². The van der Waals surface area contributed by atoms with Gasteiger partial charge in [-0.25, -0.2) is 0 Å². The Balaban J connectivity index is 1.82. The monoisotopic (exact) mass is 421 g/mol. The van der Waals surface area contributed by atoms with Crippen LogP contribution in [-0.4, -0.2) is 24.0 Å². The Morgan fingerprint density at radius 1 is 1.12 bits per heavy atom. The predicted molar refractivity (Wildman–Crippen MR) is 102 cm³/mol. The van der Waals surface area contributed by atoms with E-state index in [0.717, 1.165) is 5.56 Å². The second-order valence-electron chi connectivity index (χ2n) is 4.97. The summed E-state index contributed by atoms with van der Waals surface area (Å²) in [6.45, 7) is 0. The van der Waals surface area contributed by atoms with Gasteiger partial charge in [-0.2, -0.15) is 0 Å². The zero-order chi connectivity index (χ0) is 18.2. The molecule has 8 heteroatoms. The minimum atomic E-state index is -0.400. The number of benzene rings is 2. The Morgan fingerprint density at radius 3 is 2.48 bits per heavy atom. The van der Waals surface area contributed by atoms with E-state index in [1.54, 1.807) is 18.2 Å². The molecule has 0 aliphatic carbocycles. The van der Waals surface area contributed by atoms with Crippen LogP contribution in [-0.2, 0) is 11.2 Å². The summed E-state index contributed by atoms with van der Waals surface area (Å²) in [5.74, 6) is -0.0543. The van der Waals surface area contributed by atoms with Crippen molar-refractivity contribution in [2.24, 2.45) is 0 Å². The van der Waals surface area contributed by atoms with Crippen molar-refractivity contribution in [2.45, 2.75) is 6.42 Å². The van der Waals surface area contributed by atoms with Crippen LogP contribution in [0.2, 0.25) is 0 Å². The number of hydrogen-bond donors (Lipinski definition) is 3. The van der Waals surface area contributed by atoms with Gasteiger partial charge in [-0.1, -0.05) is 30.3 Å². The molecule has 0 spiro atoms. The average Bonchev–Trinajstić information content (AvgIpc) is 2.60. The highest BCUT2D eigenvalue weighted by Gasteiger charge is 2.10. The number of carbonyl (C=O) groups excluding carboxylic acids is 2. The summed E-state index contributed by atoms with van der Waals surface area (Å²) in [5, 5.41) is 2.52. The molecule has 0 aliphatic rings. The summed E-state index contributed by atoms with van der Waals surface area (Å²) in [5.41, 5.74) is 6.20. The van der Waals surface area contributed by atoms with E-state index in [2.05, 4.69) is 32.1 Å². The van der Waals surface area contributed by atoms with Gasteiger partial charge in [0.15, 0.2) is 5.11 Å². The Bertz CT molecular complexity index is 784. The van der Waals surface area contributed by atoms with Gasteiger partial charge in [0.1, 0.15) is 5.75 Å². The molecule has 0 fully saturated rings. The standard InChI is InChI=1S/C17H16BrN3O3S/c1-24-14-8-7-12(10-13(14)18)16(23)20-21-17(25)19-15(22)9-11-5-3-2-4-6-11/h2-8,10H,9H2,1H3,(H,20,23)(H2,19,21,22,25). The number of ether oxygens (including phenoxy) is 1. The van der Waals surface area contributed by atoms with Gasteiger partial charge < -0.3 is 10.1 Å². The van der Waals surface area contributed by atoms with Gasteiger partial charge >= 0.3 is 0 Å². The van der Waals surface area contributed by atoms with Gasteiger partial charge in [-0.3, -0.25) is 20.4 Å². The topological polar surface area (TPSA) is 79.5 Å². The molecular formula is C17H16BrN3O3S. The summed E-state index contributed by atoms with van der Waals surface area (Å²) in [4.78, 5) is 24.0. The first-order valence-electron chi connectivity index (χ1n) is 7.27. The molecule has 0 radical (unpaired) electrons. The molecule has 2 aromatic carbocycles. The molecule has 2 aromatic rings. The van der Waals surface area contributed by atoms with Crippen LogP contribution in [0, 0.1) is 0 Å². The third kappa shape index (κ3) is 5.84. The van der Waals surface area contributed by atoms with Crippen LogP contribution in [0.3, 0.4) is 0 Å². The molecule has 0 unspecified atom stereocenters. The third-order valence-corrected chi connectivity index (χ3v) is 3.99. The van der Waals surface area contributed by atoms with Crippen molar-refractivity contribution in [3.63, 3.8) is 0 Å². The number of amides is 2. The normalized spacial score (nSPS) is 9.84. The van der Waals surface area contributed by atoms with Crippen LogP contribution in [0.1, 0.15) is 15.9 Å². The summed E-state index contributed by atoms with van der Waals surface area (Å²) in [6, 6.07) is 14.2. The van der Waals surface area contributed by atoms with Crippen LogP contribution in [0.25, 0.3) is 0 Å². The lowest BCUT2D eigenvalue weighted by molar-refractivity contribution is -0.119. The number of rotatable bonds is 4. The van der Waals surface area contributed by atoms with E-state index in [1.165, 1.54) is 7.11 Å². The molecule has 3 N–H and O–H groups in total. The maximum atomic E-state index is 12.1. The van der Waals surface area contributed by atoms with Crippen molar-refractivity contribution in [3.05, 3.63) is 64.1 Å². The van der Waals surface area contributed by atoms with Crippen molar-refractivity contribution in [1.29, 1.82) is 0 Å². The number of nitrogens with one attached hydrogen (secondary N) is 3. The van der Waals surface area contributed by atoms with E-state index in [-0.39, 0.29) is 17.4 Å². The van der Waals surface area contributed by atoms with E-state index >= 15 is 0 Å². The Labute approximate surface area is 159 Å². The van der Waals surface area contributed by atoms with E-state index in [4.69, 9.17) is 17.0 Å². The van der Waals surface area contributed by atoms with E-state index in [1.807, 2.05) is 30.3 Å². The zero-order valence-electron chi connectivity index (χ0n) is 13.3. The highest BCUT2D eigenvalue weighted by molar-refractivity contribution is 9.10. The molecule has 0 saturated heterocycles. The molecule has 2 amide bonds. The lowest BCUT2D eigenvalue weighted by atomic mass is 10.1. The molecule has 0 saturated carbocycles. The molecule has 130 valence electrons. The molecule has 0 atom stereocenters. The maximum absolute atomic E-state index is 12.1. The highest BCUT2D eigenvalue weighted by Crippen LogP contribution is 2.25. The first-order valence-corrected chi connectivity index (χ1v) is 8.47. The number of hydrazine groups is 1. The molecule has 0 heterocycles. The second-order valence-corrected chi connectivity index (χ2v) is 6.23. The van der Waals surface area contributed by atoms with Crippen molar-refractivity contribution < 1.29 is 14.3 Å². The summed E-state index contributed by atoms with van der Waals surface area (Å²) in [6.07, 6.45) is 0.196. The average molecular weight is 422 g/mol. The number of thiocarbonyl (C=S) groups is 1. The smallest absolute Gasteiger partial charge is 0.269 e. The predicted octanol–water partition coefficient (Wildman–Crippen LogP) is 2.34. The van der Waals surface area contributed by atoms with Crippen molar-refractivity contribution in [2.75, 3.05) is 7.11 Å². The molecule has 6 nitrogen and oxygen atoms in total. The van der Waals surface area contributed by atoms with E-state index in [9.17, 15) is 9.59 Å². The summed E-state index contributed by atoms with van der Waals surface area (Å²) in [7, 11) is 1.54. The molecule has 0 aromatic heterocycles. The van der Waals surface area contributed by atoms with Crippen LogP contribution in [0.4, 0.5) is 0 Å². The van der Waals surface area contributed by atoms with Gasteiger partial charge in [0.25, 0.3) is 5.91 Å². The number of hydrogen-bond acceptors (Lipinski definition) is 4.